The van der Waals surface area contributed by atoms with Crippen LogP contribution in [-0.4, -0.2) is 18.4 Å². The molecule has 2 N–H and O–H groups in total. The lowest BCUT2D eigenvalue weighted by atomic mass is 10.0. The summed E-state index contributed by atoms with van der Waals surface area (Å²) in [4.78, 5) is 23.7. The van der Waals surface area contributed by atoms with Gasteiger partial charge in [-0.05, 0) is 49.2 Å². The zero-order valence-electron chi connectivity index (χ0n) is 13.5. The number of fused-ring (bicyclic) bond motifs is 1. The molecule has 0 bridgehead atoms. The zero-order chi connectivity index (χ0) is 16.9. The number of carbonyl (C=O) groups excluding carboxylic acids is 2. The van der Waals surface area contributed by atoms with Crippen molar-refractivity contribution in [1.82, 2.24) is 0 Å². The van der Waals surface area contributed by atoms with E-state index in [-0.39, 0.29) is 17.7 Å². The van der Waals surface area contributed by atoms with Crippen LogP contribution in [0.2, 0.25) is 0 Å². The van der Waals surface area contributed by atoms with Crippen LogP contribution in [0.5, 0.6) is 5.75 Å². The molecule has 0 spiro atoms. The Balaban J connectivity index is 1.46. The highest BCUT2D eigenvalue weighted by molar-refractivity contribution is 6.03. The molecule has 0 radical (unpaired) electrons. The molecule has 1 unspecified atom stereocenters. The van der Waals surface area contributed by atoms with Crippen molar-refractivity contribution < 1.29 is 14.3 Å². The first-order chi connectivity index (χ1) is 11.6. The fraction of sp³-hybridized carbons (Fsp3) is 0.263. The molecule has 24 heavy (non-hydrogen) atoms. The van der Waals surface area contributed by atoms with Gasteiger partial charge >= 0.3 is 0 Å². The van der Waals surface area contributed by atoms with E-state index in [0.29, 0.717) is 25.1 Å². The minimum atomic E-state index is -0.184. The van der Waals surface area contributed by atoms with Gasteiger partial charge in [0.15, 0.2) is 0 Å². The number of para-hydroxylation sites is 1. The van der Waals surface area contributed by atoms with Gasteiger partial charge in [-0.2, -0.15) is 0 Å². The summed E-state index contributed by atoms with van der Waals surface area (Å²) in [6.07, 6.45) is 1.03. The molecule has 0 fully saturated rings. The van der Waals surface area contributed by atoms with E-state index in [9.17, 15) is 9.59 Å². The van der Waals surface area contributed by atoms with Crippen LogP contribution in [0, 0.1) is 0 Å². The van der Waals surface area contributed by atoms with E-state index in [2.05, 4.69) is 10.6 Å². The summed E-state index contributed by atoms with van der Waals surface area (Å²) in [5, 5.41) is 5.69. The molecule has 2 aromatic carbocycles. The molecule has 0 saturated carbocycles. The van der Waals surface area contributed by atoms with Gasteiger partial charge in [-0.3, -0.25) is 9.59 Å². The van der Waals surface area contributed by atoms with Crippen molar-refractivity contribution in [3.8, 4) is 5.75 Å². The van der Waals surface area contributed by atoms with Crippen molar-refractivity contribution in [3.63, 3.8) is 0 Å². The van der Waals surface area contributed by atoms with Crippen molar-refractivity contribution in [2.24, 2.45) is 0 Å². The highest BCUT2D eigenvalue weighted by Crippen LogP contribution is 2.34. The number of benzene rings is 2. The van der Waals surface area contributed by atoms with Crippen LogP contribution in [0.4, 0.5) is 11.4 Å². The molecule has 1 atom stereocenters. The summed E-state index contributed by atoms with van der Waals surface area (Å²) < 4.78 is 5.57. The number of carbonyl (C=O) groups is 2. The van der Waals surface area contributed by atoms with Gasteiger partial charge < -0.3 is 15.4 Å². The molecule has 1 aliphatic heterocycles. The van der Waals surface area contributed by atoms with Gasteiger partial charge in [0, 0.05) is 17.8 Å². The summed E-state index contributed by atoms with van der Waals surface area (Å²) in [6, 6.07) is 15.0. The Morgan fingerprint density at radius 1 is 1.21 bits per heavy atom. The normalized spacial score (nSPS) is 15.5. The number of amides is 2. The lowest BCUT2D eigenvalue weighted by Gasteiger charge is -2.09. The quantitative estimate of drug-likeness (QED) is 0.799. The summed E-state index contributed by atoms with van der Waals surface area (Å²) >= 11 is 0. The maximum Gasteiger partial charge on any atom is 0.231 e. The summed E-state index contributed by atoms with van der Waals surface area (Å²) in [6.45, 7) is 2.35. The molecule has 5 nitrogen and oxygen atoms in total. The Hall–Kier alpha value is -2.82. The van der Waals surface area contributed by atoms with Crippen LogP contribution in [0.3, 0.4) is 0 Å². The molecule has 2 amide bonds. The van der Waals surface area contributed by atoms with Crippen LogP contribution < -0.4 is 15.4 Å². The van der Waals surface area contributed by atoms with Gasteiger partial charge in [0.1, 0.15) is 5.75 Å². The third-order valence-electron chi connectivity index (χ3n) is 4.01. The summed E-state index contributed by atoms with van der Waals surface area (Å²) in [5.41, 5.74) is 2.46. The molecule has 124 valence electrons. The molecule has 2 aromatic rings. The Morgan fingerprint density at radius 3 is 2.79 bits per heavy atom. The highest BCUT2D eigenvalue weighted by atomic mass is 16.5. The van der Waals surface area contributed by atoms with Crippen molar-refractivity contribution in [1.29, 1.82) is 0 Å². The molecule has 1 heterocycles. The Morgan fingerprint density at radius 2 is 2.00 bits per heavy atom. The van der Waals surface area contributed by atoms with Gasteiger partial charge in [-0.25, -0.2) is 0 Å². The number of rotatable bonds is 6. The van der Waals surface area contributed by atoms with Crippen molar-refractivity contribution in [2.45, 2.75) is 25.7 Å². The van der Waals surface area contributed by atoms with Gasteiger partial charge in [-0.1, -0.05) is 18.2 Å². The van der Waals surface area contributed by atoms with Gasteiger partial charge in [0.25, 0.3) is 0 Å². The average Bonchev–Trinajstić information content (AvgIpc) is 2.87. The molecule has 3 rings (SSSR count). The summed E-state index contributed by atoms with van der Waals surface area (Å²) in [5.74, 6) is 0.557. The second-order valence-corrected chi connectivity index (χ2v) is 5.83. The Kier molecular flexibility index (Phi) is 4.79. The first kappa shape index (κ1) is 16.1. The van der Waals surface area contributed by atoms with E-state index in [1.54, 1.807) is 6.07 Å². The predicted molar refractivity (Wildman–Crippen MR) is 93.3 cm³/mol. The topological polar surface area (TPSA) is 67.4 Å². The zero-order valence-corrected chi connectivity index (χ0v) is 13.5. The minimum Gasteiger partial charge on any atom is -0.494 e. The molecule has 1 aliphatic rings. The standard InChI is InChI=1S/C19H20N2O3/c1-13-16-12-14(9-10-17(16)21-19(13)23)20-18(22)8-5-11-24-15-6-3-2-4-7-15/h2-4,6-7,9-10,12-13H,5,8,11H2,1H3,(H,20,22)(H,21,23). The highest BCUT2D eigenvalue weighted by Gasteiger charge is 2.26. The predicted octanol–water partition coefficient (Wildman–Crippen LogP) is 3.54. The smallest absolute Gasteiger partial charge is 0.231 e. The molecular weight excluding hydrogens is 304 g/mol. The maximum absolute atomic E-state index is 12.0. The number of hydrogen-bond donors (Lipinski definition) is 2. The van der Waals surface area contributed by atoms with E-state index >= 15 is 0 Å². The van der Waals surface area contributed by atoms with E-state index in [4.69, 9.17) is 4.74 Å². The van der Waals surface area contributed by atoms with Crippen LogP contribution in [0.25, 0.3) is 0 Å². The SMILES string of the molecule is CC1C(=O)Nc2ccc(NC(=O)CCCOc3ccccc3)cc21. The third-order valence-corrected chi connectivity index (χ3v) is 4.01. The van der Waals surface area contributed by atoms with E-state index < -0.39 is 0 Å². The first-order valence-electron chi connectivity index (χ1n) is 8.06. The second kappa shape index (κ2) is 7.17. The van der Waals surface area contributed by atoms with Crippen LogP contribution in [0.1, 0.15) is 31.2 Å². The molecule has 0 aliphatic carbocycles. The fourth-order valence-corrected chi connectivity index (χ4v) is 2.66. The third kappa shape index (κ3) is 3.74. The summed E-state index contributed by atoms with van der Waals surface area (Å²) in [7, 11) is 0. The average molecular weight is 324 g/mol. The molecule has 0 saturated heterocycles. The van der Waals surface area contributed by atoms with Crippen LogP contribution in [-0.2, 0) is 9.59 Å². The van der Waals surface area contributed by atoms with Crippen molar-refractivity contribution in [2.75, 3.05) is 17.2 Å². The Labute approximate surface area is 141 Å². The van der Waals surface area contributed by atoms with Crippen molar-refractivity contribution >= 4 is 23.2 Å². The van der Waals surface area contributed by atoms with Crippen LogP contribution in [0.15, 0.2) is 48.5 Å². The second-order valence-electron chi connectivity index (χ2n) is 5.83. The number of anilines is 2. The lowest BCUT2D eigenvalue weighted by Crippen LogP contribution is -2.13. The van der Waals surface area contributed by atoms with Crippen molar-refractivity contribution in [3.05, 3.63) is 54.1 Å². The van der Waals surface area contributed by atoms with Gasteiger partial charge in [0.05, 0.1) is 12.5 Å². The van der Waals surface area contributed by atoms with E-state index in [0.717, 1.165) is 17.0 Å². The number of hydrogen-bond acceptors (Lipinski definition) is 3. The van der Waals surface area contributed by atoms with Gasteiger partial charge in [-0.15, -0.1) is 0 Å². The molecule has 0 aromatic heterocycles. The van der Waals surface area contributed by atoms with E-state index in [1.807, 2.05) is 49.4 Å². The minimum absolute atomic E-state index is 0.00784. The lowest BCUT2D eigenvalue weighted by molar-refractivity contribution is -0.117. The monoisotopic (exact) mass is 324 g/mol. The molecule has 5 heteroatoms. The van der Waals surface area contributed by atoms with Gasteiger partial charge in [0.2, 0.25) is 11.8 Å². The van der Waals surface area contributed by atoms with Crippen LogP contribution >= 0.6 is 0 Å². The number of ether oxygens (including phenoxy) is 1. The first-order valence-corrected chi connectivity index (χ1v) is 8.06. The Bertz CT molecular complexity index is 744. The number of nitrogens with one attached hydrogen (secondary N) is 2. The molecular formula is C19H20N2O3. The van der Waals surface area contributed by atoms with E-state index in [1.165, 1.54) is 0 Å². The largest absolute Gasteiger partial charge is 0.494 e. The fourth-order valence-electron chi connectivity index (χ4n) is 2.66. The maximum atomic E-state index is 12.0.